The van der Waals surface area contributed by atoms with Gasteiger partial charge in [-0.3, -0.25) is 4.79 Å². The van der Waals surface area contributed by atoms with Crippen molar-refractivity contribution in [1.82, 2.24) is 10.2 Å². The minimum atomic E-state index is -0.290. The number of carbonyl (C=O) groups excluding carboxylic acids is 2. The zero-order valence-corrected chi connectivity index (χ0v) is 12.9. The predicted octanol–water partition coefficient (Wildman–Crippen LogP) is 2.82. The molecule has 0 atom stereocenters. The van der Waals surface area contributed by atoms with E-state index in [-0.39, 0.29) is 11.9 Å². The van der Waals surface area contributed by atoms with E-state index in [0.717, 1.165) is 0 Å². The predicted molar refractivity (Wildman–Crippen MR) is 81.3 cm³/mol. The van der Waals surface area contributed by atoms with Crippen LogP contribution in [-0.4, -0.2) is 37.5 Å². The number of urea groups is 1. The number of nitrogens with one attached hydrogen (secondary N) is 2. The van der Waals surface area contributed by atoms with Crippen molar-refractivity contribution in [3.8, 4) is 0 Å². The summed E-state index contributed by atoms with van der Waals surface area (Å²) in [4.78, 5) is 24.9. The van der Waals surface area contributed by atoms with Crippen LogP contribution in [-0.2, 0) is 0 Å². The Morgan fingerprint density at radius 2 is 1.95 bits per heavy atom. The average molecular weight is 298 g/mol. The fourth-order valence-electron chi connectivity index (χ4n) is 1.48. The van der Waals surface area contributed by atoms with Gasteiger partial charge in [0.15, 0.2) is 0 Å². The maximum atomic E-state index is 11.8. The van der Waals surface area contributed by atoms with E-state index in [4.69, 9.17) is 11.6 Å². The molecule has 1 aromatic rings. The SMILES string of the molecule is CC(C)CNC(=O)Nc1ccc(C(=O)N(C)C)c(Cl)c1. The molecule has 3 amide bonds. The first-order valence-corrected chi connectivity index (χ1v) is 6.75. The van der Waals surface area contributed by atoms with Crippen LogP contribution in [0.4, 0.5) is 10.5 Å². The fourth-order valence-corrected chi connectivity index (χ4v) is 1.74. The second-order valence-electron chi connectivity index (χ2n) is 5.12. The molecule has 0 radical (unpaired) electrons. The Morgan fingerprint density at radius 1 is 1.30 bits per heavy atom. The Morgan fingerprint density at radius 3 is 2.45 bits per heavy atom. The van der Waals surface area contributed by atoms with E-state index in [1.807, 2.05) is 13.8 Å². The summed E-state index contributed by atoms with van der Waals surface area (Å²) in [6.07, 6.45) is 0. The van der Waals surface area contributed by atoms with E-state index in [1.165, 1.54) is 4.90 Å². The molecule has 0 aliphatic rings. The van der Waals surface area contributed by atoms with Crippen molar-refractivity contribution in [2.24, 2.45) is 5.92 Å². The second kappa shape index (κ2) is 7.14. The molecular weight excluding hydrogens is 278 g/mol. The Balaban J connectivity index is 2.73. The number of nitrogens with zero attached hydrogens (tertiary/aromatic N) is 1. The summed E-state index contributed by atoms with van der Waals surface area (Å²) >= 11 is 6.06. The molecular formula is C14H20ClN3O2. The van der Waals surface area contributed by atoms with Crippen LogP contribution in [0, 0.1) is 5.92 Å². The van der Waals surface area contributed by atoms with Gasteiger partial charge in [0, 0.05) is 26.3 Å². The number of anilines is 1. The Kier molecular flexibility index (Phi) is 5.82. The molecule has 0 unspecified atom stereocenters. The van der Waals surface area contributed by atoms with Gasteiger partial charge in [-0.15, -0.1) is 0 Å². The minimum absolute atomic E-state index is 0.175. The lowest BCUT2D eigenvalue weighted by Gasteiger charge is -2.13. The lowest BCUT2D eigenvalue weighted by molar-refractivity contribution is 0.0828. The Bertz CT molecular complexity index is 501. The second-order valence-corrected chi connectivity index (χ2v) is 5.53. The van der Waals surface area contributed by atoms with E-state index in [1.54, 1.807) is 32.3 Å². The molecule has 2 N–H and O–H groups in total. The van der Waals surface area contributed by atoms with Gasteiger partial charge in [-0.05, 0) is 24.1 Å². The first kappa shape index (κ1) is 16.3. The molecule has 20 heavy (non-hydrogen) atoms. The van der Waals surface area contributed by atoms with Gasteiger partial charge in [0.1, 0.15) is 0 Å². The maximum Gasteiger partial charge on any atom is 0.319 e. The van der Waals surface area contributed by atoms with E-state index in [2.05, 4.69) is 10.6 Å². The summed E-state index contributed by atoms with van der Waals surface area (Å²) in [5, 5.41) is 5.72. The molecule has 1 aromatic carbocycles. The molecule has 0 saturated heterocycles. The van der Waals surface area contributed by atoms with Crippen molar-refractivity contribution in [3.63, 3.8) is 0 Å². The highest BCUT2D eigenvalue weighted by molar-refractivity contribution is 6.34. The number of rotatable bonds is 4. The lowest BCUT2D eigenvalue weighted by Crippen LogP contribution is -2.31. The number of halogens is 1. The quantitative estimate of drug-likeness (QED) is 0.897. The van der Waals surface area contributed by atoms with E-state index in [9.17, 15) is 9.59 Å². The third-order valence-corrected chi connectivity index (χ3v) is 2.85. The van der Waals surface area contributed by atoms with Crippen LogP contribution in [0.25, 0.3) is 0 Å². The lowest BCUT2D eigenvalue weighted by atomic mass is 10.2. The van der Waals surface area contributed by atoms with Crippen LogP contribution in [0.5, 0.6) is 0 Å². The van der Waals surface area contributed by atoms with Gasteiger partial charge in [-0.25, -0.2) is 4.79 Å². The summed E-state index contributed by atoms with van der Waals surface area (Å²) in [5.41, 5.74) is 0.955. The van der Waals surface area contributed by atoms with Crippen LogP contribution in [0.3, 0.4) is 0 Å². The monoisotopic (exact) mass is 297 g/mol. The summed E-state index contributed by atoms with van der Waals surface area (Å²) in [7, 11) is 3.31. The first-order valence-electron chi connectivity index (χ1n) is 6.37. The van der Waals surface area contributed by atoms with Gasteiger partial charge in [0.25, 0.3) is 5.91 Å². The zero-order valence-electron chi connectivity index (χ0n) is 12.2. The first-order chi connectivity index (χ1) is 9.31. The molecule has 5 nitrogen and oxygen atoms in total. The smallest absolute Gasteiger partial charge is 0.319 e. The van der Waals surface area contributed by atoms with Crippen LogP contribution >= 0.6 is 11.6 Å². The van der Waals surface area contributed by atoms with Crippen LogP contribution in [0.2, 0.25) is 5.02 Å². The number of carbonyl (C=O) groups is 2. The normalized spacial score (nSPS) is 10.3. The molecule has 0 saturated carbocycles. The molecule has 0 spiro atoms. The molecule has 0 bridgehead atoms. The largest absolute Gasteiger partial charge is 0.345 e. The highest BCUT2D eigenvalue weighted by atomic mass is 35.5. The number of hydrogen-bond acceptors (Lipinski definition) is 2. The van der Waals surface area contributed by atoms with Crippen LogP contribution in [0.1, 0.15) is 24.2 Å². The highest BCUT2D eigenvalue weighted by Crippen LogP contribution is 2.21. The molecule has 0 aromatic heterocycles. The Labute approximate surface area is 124 Å². The van der Waals surface area contributed by atoms with Gasteiger partial charge in [-0.2, -0.15) is 0 Å². The summed E-state index contributed by atoms with van der Waals surface area (Å²) < 4.78 is 0. The molecule has 6 heteroatoms. The molecule has 0 fully saturated rings. The molecule has 0 aliphatic heterocycles. The van der Waals surface area contributed by atoms with E-state index in [0.29, 0.717) is 28.7 Å². The minimum Gasteiger partial charge on any atom is -0.345 e. The average Bonchev–Trinajstić information content (AvgIpc) is 2.35. The number of benzene rings is 1. The summed E-state index contributed by atoms with van der Waals surface area (Å²) in [6.45, 7) is 4.62. The third-order valence-electron chi connectivity index (χ3n) is 2.53. The molecule has 110 valence electrons. The van der Waals surface area contributed by atoms with Crippen molar-refractivity contribution >= 4 is 29.2 Å². The van der Waals surface area contributed by atoms with Crippen molar-refractivity contribution < 1.29 is 9.59 Å². The molecule has 1 rings (SSSR count). The standard InChI is InChI=1S/C14H20ClN3O2/c1-9(2)8-16-14(20)17-10-5-6-11(12(15)7-10)13(19)18(3)4/h5-7,9H,8H2,1-4H3,(H2,16,17,20). The van der Waals surface area contributed by atoms with Crippen molar-refractivity contribution in [1.29, 1.82) is 0 Å². The maximum absolute atomic E-state index is 11.8. The topological polar surface area (TPSA) is 61.4 Å². The summed E-state index contributed by atoms with van der Waals surface area (Å²) in [6, 6.07) is 4.52. The van der Waals surface area contributed by atoms with E-state index < -0.39 is 0 Å². The van der Waals surface area contributed by atoms with Gasteiger partial charge >= 0.3 is 6.03 Å². The fraction of sp³-hybridized carbons (Fsp3) is 0.429. The number of amides is 3. The van der Waals surface area contributed by atoms with Gasteiger partial charge in [-0.1, -0.05) is 25.4 Å². The van der Waals surface area contributed by atoms with E-state index >= 15 is 0 Å². The molecule has 0 heterocycles. The van der Waals surface area contributed by atoms with Gasteiger partial charge in [0.05, 0.1) is 10.6 Å². The zero-order chi connectivity index (χ0) is 15.3. The summed E-state index contributed by atoms with van der Waals surface area (Å²) in [5.74, 6) is 0.204. The van der Waals surface area contributed by atoms with Crippen molar-refractivity contribution in [3.05, 3.63) is 28.8 Å². The van der Waals surface area contributed by atoms with Crippen molar-refractivity contribution in [2.45, 2.75) is 13.8 Å². The van der Waals surface area contributed by atoms with Gasteiger partial charge < -0.3 is 15.5 Å². The molecule has 0 aliphatic carbocycles. The van der Waals surface area contributed by atoms with Crippen molar-refractivity contribution in [2.75, 3.05) is 26.0 Å². The highest BCUT2D eigenvalue weighted by Gasteiger charge is 2.13. The number of hydrogen-bond donors (Lipinski definition) is 2. The third kappa shape index (κ3) is 4.74. The van der Waals surface area contributed by atoms with Crippen LogP contribution in [0.15, 0.2) is 18.2 Å². The van der Waals surface area contributed by atoms with Gasteiger partial charge in [0.2, 0.25) is 0 Å². The Hall–Kier alpha value is -1.75. The van der Waals surface area contributed by atoms with Crippen LogP contribution < -0.4 is 10.6 Å².